The number of nitrogens with zero attached hydrogens (tertiary/aromatic N) is 2. The van der Waals surface area contributed by atoms with Crippen LogP contribution in [0.15, 0.2) is 36.9 Å². The average molecular weight is 242 g/mol. The van der Waals surface area contributed by atoms with Crippen molar-refractivity contribution in [2.75, 3.05) is 11.1 Å². The third kappa shape index (κ3) is 2.63. The largest absolute Gasteiger partial charge is 0.398 e. The number of anilines is 2. The normalized spacial score (nSPS) is 10.1. The summed E-state index contributed by atoms with van der Waals surface area (Å²) in [5.74, 6) is -0.251. The molecule has 2 aromatic rings. The maximum atomic E-state index is 11.8. The molecule has 1 aromatic heterocycles. The van der Waals surface area contributed by atoms with E-state index in [0.29, 0.717) is 16.9 Å². The summed E-state index contributed by atoms with van der Waals surface area (Å²) in [6, 6.07) is 5.49. The van der Waals surface area contributed by atoms with Gasteiger partial charge in [-0.05, 0) is 24.1 Å². The topological polar surface area (TPSA) is 80.9 Å². The molecule has 1 amide bonds. The quantitative estimate of drug-likeness (QED) is 0.805. The molecule has 0 bridgehead atoms. The molecule has 92 valence electrons. The zero-order valence-electron chi connectivity index (χ0n) is 10.1. The van der Waals surface area contributed by atoms with E-state index in [9.17, 15) is 4.79 Å². The number of rotatable bonds is 3. The average Bonchev–Trinajstić information content (AvgIpc) is 2.40. The first-order valence-electron chi connectivity index (χ1n) is 5.65. The molecule has 0 atom stereocenters. The lowest BCUT2D eigenvalue weighted by atomic mass is 10.1. The first kappa shape index (κ1) is 12.0. The summed E-state index contributed by atoms with van der Waals surface area (Å²) >= 11 is 0. The number of nitrogens with one attached hydrogen (secondary N) is 1. The second-order valence-electron chi connectivity index (χ2n) is 3.85. The number of aromatic nitrogens is 2. The Morgan fingerprint density at radius 3 is 2.67 bits per heavy atom. The molecule has 0 aliphatic heterocycles. The van der Waals surface area contributed by atoms with Crippen LogP contribution in [0.4, 0.5) is 11.4 Å². The monoisotopic (exact) mass is 242 g/mol. The van der Waals surface area contributed by atoms with Gasteiger partial charge < -0.3 is 11.1 Å². The molecule has 0 aliphatic carbocycles. The van der Waals surface area contributed by atoms with E-state index in [1.807, 2.05) is 19.1 Å². The van der Waals surface area contributed by atoms with Gasteiger partial charge in [-0.1, -0.05) is 13.0 Å². The number of amides is 1. The molecule has 0 saturated heterocycles. The molecule has 0 unspecified atom stereocenters. The molecule has 0 radical (unpaired) electrons. The van der Waals surface area contributed by atoms with Gasteiger partial charge >= 0.3 is 0 Å². The van der Waals surface area contributed by atoms with Crippen molar-refractivity contribution in [3.05, 3.63) is 48.0 Å². The second kappa shape index (κ2) is 5.27. The van der Waals surface area contributed by atoms with Gasteiger partial charge in [0.2, 0.25) is 0 Å². The van der Waals surface area contributed by atoms with E-state index in [0.717, 1.165) is 12.0 Å². The molecular formula is C13H14N4O. The van der Waals surface area contributed by atoms with Crippen LogP contribution in [0.1, 0.15) is 22.8 Å². The van der Waals surface area contributed by atoms with Gasteiger partial charge in [0, 0.05) is 23.8 Å². The van der Waals surface area contributed by atoms with Gasteiger partial charge in [0.1, 0.15) is 6.33 Å². The highest BCUT2D eigenvalue weighted by molar-refractivity contribution is 6.04. The third-order valence-electron chi connectivity index (χ3n) is 2.61. The number of carbonyl (C=O) groups is 1. The number of carbonyl (C=O) groups excluding carboxylic acids is 1. The summed E-state index contributed by atoms with van der Waals surface area (Å²) in [6.07, 6.45) is 5.18. The van der Waals surface area contributed by atoms with E-state index in [1.54, 1.807) is 6.07 Å². The molecule has 1 heterocycles. The predicted octanol–water partition coefficient (Wildman–Crippen LogP) is 1.87. The van der Waals surface area contributed by atoms with Crippen molar-refractivity contribution in [2.45, 2.75) is 13.3 Å². The minimum absolute atomic E-state index is 0.251. The Labute approximate surface area is 105 Å². The fourth-order valence-corrected chi connectivity index (χ4v) is 1.61. The van der Waals surface area contributed by atoms with Gasteiger partial charge in [-0.15, -0.1) is 0 Å². The summed E-state index contributed by atoms with van der Waals surface area (Å²) in [5, 5.41) is 2.75. The van der Waals surface area contributed by atoms with Gasteiger partial charge in [0.05, 0.1) is 5.56 Å². The van der Waals surface area contributed by atoms with Crippen LogP contribution in [0.2, 0.25) is 0 Å². The Balaban J connectivity index is 2.15. The summed E-state index contributed by atoms with van der Waals surface area (Å²) in [7, 11) is 0. The summed E-state index contributed by atoms with van der Waals surface area (Å²) in [4.78, 5) is 19.4. The smallest absolute Gasteiger partial charge is 0.258 e. The fourth-order valence-electron chi connectivity index (χ4n) is 1.61. The van der Waals surface area contributed by atoms with Crippen molar-refractivity contribution in [3.8, 4) is 0 Å². The first-order chi connectivity index (χ1) is 8.70. The predicted molar refractivity (Wildman–Crippen MR) is 70.2 cm³/mol. The van der Waals surface area contributed by atoms with Gasteiger partial charge in [-0.3, -0.25) is 4.79 Å². The van der Waals surface area contributed by atoms with E-state index in [2.05, 4.69) is 15.3 Å². The number of benzene rings is 1. The van der Waals surface area contributed by atoms with Crippen molar-refractivity contribution < 1.29 is 4.79 Å². The van der Waals surface area contributed by atoms with Crippen LogP contribution in [-0.4, -0.2) is 15.9 Å². The van der Waals surface area contributed by atoms with Crippen molar-refractivity contribution in [1.82, 2.24) is 9.97 Å². The number of nitrogen functional groups attached to an aromatic ring is 1. The van der Waals surface area contributed by atoms with Crippen LogP contribution in [0, 0.1) is 0 Å². The maximum Gasteiger partial charge on any atom is 0.258 e. The Bertz CT molecular complexity index is 554. The minimum Gasteiger partial charge on any atom is -0.398 e. The molecule has 5 heteroatoms. The molecule has 1 aromatic carbocycles. The van der Waals surface area contributed by atoms with Crippen molar-refractivity contribution in [3.63, 3.8) is 0 Å². The highest BCUT2D eigenvalue weighted by atomic mass is 16.1. The van der Waals surface area contributed by atoms with Gasteiger partial charge in [-0.25, -0.2) is 9.97 Å². The fraction of sp³-hybridized carbons (Fsp3) is 0.154. The third-order valence-corrected chi connectivity index (χ3v) is 2.61. The molecule has 2 rings (SSSR count). The SMILES string of the molecule is CCc1ccc(NC(=O)c2cncnc2)cc1N. The number of hydrogen-bond acceptors (Lipinski definition) is 4. The van der Waals surface area contributed by atoms with Gasteiger partial charge in [0.25, 0.3) is 5.91 Å². The Kier molecular flexibility index (Phi) is 3.52. The molecular weight excluding hydrogens is 228 g/mol. The zero-order chi connectivity index (χ0) is 13.0. The maximum absolute atomic E-state index is 11.8. The van der Waals surface area contributed by atoms with Crippen LogP contribution in [-0.2, 0) is 6.42 Å². The minimum atomic E-state index is -0.251. The van der Waals surface area contributed by atoms with E-state index in [4.69, 9.17) is 5.73 Å². The lowest BCUT2D eigenvalue weighted by Gasteiger charge is -2.08. The molecule has 0 fully saturated rings. The molecule has 5 nitrogen and oxygen atoms in total. The highest BCUT2D eigenvalue weighted by Gasteiger charge is 2.07. The van der Waals surface area contributed by atoms with Crippen LogP contribution in [0.5, 0.6) is 0 Å². The zero-order valence-corrected chi connectivity index (χ0v) is 10.1. The Hall–Kier alpha value is -2.43. The van der Waals surface area contributed by atoms with Crippen molar-refractivity contribution >= 4 is 17.3 Å². The lowest BCUT2D eigenvalue weighted by molar-refractivity contribution is 0.102. The standard InChI is InChI=1S/C13H14N4O/c1-2-9-3-4-11(5-12(9)14)17-13(18)10-6-15-8-16-7-10/h3-8H,2,14H2,1H3,(H,17,18). The van der Waals surface area contributed by atoms with E-state index < -0.39 is 0 Å². The Morgan fingerprint density at radius 1 is 1.33 bits per heavy atom. The van der Waals surface area contributed by atoms with Gasteiger partial charge in [-0.2, -0.15) is 0 Å². The lowest BCUT2D eigenvalue weighted by Crippen LogP contribution is -2.12. The van der Waals surface area contributed by atoms with Crippen molar-refractivity contribution in [2.24, 2.45) is 0 Å². The van der Waals surface area contributed by atoms with Crippen LogP contribution >= 0.6 is 0 Å². The molecule has 0 saturated carbocycles. The van der Waals surface area contributed by atoms with Gasteiger partial charge in [0.15, 0.2) is 0 Å². The van der Waals surface area contributed by atoms with Crippen LogP contribution in [0.25, 0.3) is 0 Å². The molecule has 0 spiro atoms. The molecule has 3 N–H and O–H groups in total. The Morgan fingerprint density at radius 2 is 2.06 bits per heavy atom. The van der Waals surface area contributed by atoms with E-state index in [-0.39, 0.29) is 5.91 Å². The molecule has 0 aliphatic rings. The second-order valence-corrected chi connectivity index (χ2v) is 3.85. The first-order valence-corrected chi connectivity index (χ1v) is 5.65. The summed E-state index contributed by atoms with van der Waals surface area (Å²) in [6.45, 7) is 2.03. The number of aryl methyl sites for hydroxylation is 1. The highest BCUT2D eigenvalue weighted by Crippen LogP contribution is 2.18. The molecule has 18 heavy (non-hydrogen) atoms. The number of nitrogens with two attached hydrogens (primary N) is 1. The van der Waals surface area contributed by atoms with Crippen molar-refractivity contribution in [1.29, 1.82) is 0 Å². The van der Waals surface area contributed by atoms with E-state index >= 15 is 0 Å². The van der Waals surface area contributed by atoms with Crippen LogP contribution < -0.4 is 11.1 Å². The van der Waals surface area contributed by atoms with E-state index in [1.165, 1.54) is 18.7 Å². The number of hydrogen-bond donors (Lipinski definition) is 2. The van der Waals surface area contributed by atoms with Crippen LogP contribution in [0.3, 0.4) is 0 Å². The summed E-state index contributed by atoms with van der Waals surface area (Å²) in [5.41, 5.74) is 8.69. The summed E-state index contributed by atoms with van der Waals surface area (Å²) < 4.78 is 0.